The van der Waals surface area contributed by atoms with Gasteiger partial charge in [0.2, 0.25) is 0 Å². The average molecular weight is 239 g/mol. The molecule has 17 heavy (non-hydrogen) atoms. The van der Waals surface area contributed by atoms with E-state index in [2.05, 4.69) is 5.32 Å². The second kappa shape index (κ2) is 8.20. The van der Waals surface area contributed by atoms with Crippen LogP contribution in [0.4, 0.5) is 4.39 Å². The fourth-order valence-corrected chi connectivity index (χ4v) is 1.91. The number of benzene rings is 1. The van der Waals surface area contributed by atoms with Gasteiger partial charge in [-0.05, 0) is 57.0 Å². The Kier molecular flexibility index (Phi) is 6.82. The van der Waals surface area contributed by atoms with Crippen molar-refractivity contribution in [3.8, 4) is 0 Å². The highest BCUT2D eigenvalue weighted by molar-refractivity contribution is 5.16. The molecule has 0 spiro atoms. The van der Waals surface area contributed by atoms with E-state index in [1.54, 1.807) is 0 Å². The highest BCUT2D eigenvalue weighted by Gasteiger charge is 2.09. The first-order valence-electron chi connectivity index (χ1n) is 6.23. The van der Waals surface area contributed by atoms with Crippen molar-refractivity contribution in [3.05, 3.63) is 35.6 Å². The van der Waals surface area contributed by atoms with Crippen LogP contribution in [0.1, 0.15) is 18.9 Å². The lowest BCUT2D eigenvalue weighted by molar-refractivity contribution is 0.132. The molecule has 0 fully saturated rings. The molecule has 1 atom stereocenters. The second-order valence-corrected chi connectivity index (χ2v) is 4.24. The van der Waals surface area contributed by atoms with Gasteiger partial charge in [0.05, 0.1) is 0 Å². The van der Waals surface area contributed by atoms with Crippen LogP contribution in [0.25, 0.3) is 0 Å². The Morgan fingerprint density at radius 2 is 2.00 bits per heavy atom. The SMILES string of the molecule is CCOCCC(CNC)Cc1ccc(F)cc1. The lowest BCUT2D eigenvalue weighted by Crippen LogP contribution is -2.22. The van der Waals surface area contributed by atoms with Crippen molar-refractivity contribution < 1.29 is 9.13 Å². The number of ether oxygens (including phenoxy) is 1. The summed E-state index contributed by atoms with van der Waals surface area (Å²) in [7, 11) is 1.96. The van der Waals surface area contributed by atoms with E-state index in [-0.39, 0.29) is 5.82 Å². The van der Waals surface area contributed by atoms with Gasteiger partial charge in [0.15, 0.2) is 0 Å². The van der Waals surface area contributed by atoms with E-state index in [0.717, 1.165) is 32.6 Å². The van der Waals surface area contributed by atoms with Crippen LogP contribution >= 0.6 is 0 Å². The summed E-state index contributed by atoms with van der Waals surface area (Å²) in [6, 6.07) is 6.76. The number of halogens is 1. The van der Waals surface area contributed by atoms with Crippen LogP contribution in [0, 0.1) is 11.7 Å². The van der Waals surface area contributed by atoms with Crippen molar-refractivity contribution in [1.82, 2.24) is 5.32 Å². The third-order valence-corrected chi connectivity index (χ3v) is 2.80. The van der Waals surface area contributed by atoms with Gasteiger partial charge < -0.3 is 10.1 Å². The van der Waals surface area contributed by atoms with E-state index in [4.69, 9.17) is 4.74 Å². The first-order valence-corrected chi connectivity index (χ1v) is 6.23. The van der Waals surface area contributed by atoms with Gasteiger partial charge in [0.25, 0.3) is 0 Å². The van der Waals surface area contributed by atoms with Crippen LogP contribution in [0.3, 0.4) is 0 Å². The maximum Gasteiger partial charge on any atom is 0.123 e. The molecule has 0 aliphatic heterocycles. The van der Waals surface area contributed by atoms with E-state index < -0.39 is 0 Å². The molecule has 0 saturated carbocycles. The maximum absolute atomic E-state index is 12.8. The van der Waals surface area contributed by atoms with Crippen molar-refractivity contribution in [1.29, 1.82) is 0 Å². The summed E-state index contributed by atoms with van der Waals surface area (Å²) in [6.45, 7) is 4.53. The molecule has 0 radical (unpaired) electrons. The Hall–Kier alpha value is -0.930. The van der Waals surface area contributed by atoms with Gasteiger partial charge in [-0.2, -0.15) is 0 Å². The molecule has 1 rings (SSSR count). The molecule has 1 aromatic carbocycles. The topological polar surface area (TPSA) is 21.3 Å². The predicted molar refractivity (Wildman–Crippen MR) is 68.6 cm³/mol. The highest BCUT2D eigenvalue weighted by Crippen LogP contribution is 2.12. The van der Waals surface area contributed by atoms with Crippen LogP contribution in [0.5, 0.6) is 0 Å². The summed E-state index contributed by atoms with van der Waals surface area (Å²) in [6.07, 6.45) is 2.00. The van der Waals surface area contributed by atoms with Crippen LogP contribution in [0.2, 0.25) is 0 Å². The zero-order valence-electron chi connectivity index (χ0n) is 10.7. The molecule has 3 heteroatoms. The molecule has 0 heterocycles. The third kappa shape index (κ3) is 5.80. The molecular formula is C14H22FNO. The van der Waals surface area contributed by atoms with E-state index in [0.29, 0.717) is 5.92 Å². The molecule has 0 aliphatic rings. The number of hydrogen-bond acceptors (Lipinski definition) is 2. The Bertz CT molecular complexity index is 300. The van der Waals surface area contributed by atoms with E-state index in [1.165, 1.54) is 17.7 Å². The largest absolute Gasteiger partial charge is 0.382 e. The Balaban J connectivity index is 2.44. The first kappa shape index (κ1) is 14.1. The molecule has 0 amide bonds. The van der Waals surface area contributed by atoms with Crippen LogP contribution in [0.15, 0.2) is 24.3 Å². The maximum atomic E-state index is 12.8. The number of hydrogen-bond donors (Lipinski definition) is 1. The molecule has 0 bridgehead atoms. The summed E-state index contributed by atoms with van der Waals surface area (Å²) in [4.78, 5) is 0. The van der Waals surface area contributed by atoms with Crippen molar-refractivity contribution in [2.24, 2.45) is 5.92 Å². The van der Waals surface area contributed by atoms with Crippen LogP contribution in [-0.2, 0) is 11.2 Å². The van der Waals surface area contributed by atoms with E-state index in [9.17, 15) is 4.39 Å². The van der Waals surface area contributed by atoms with Crippen molar-refractivity contribution in [3.63, 3.8) is 0 Å². The van der Waals surface area contributed by atoms with Crippen LogP contribution < -0.4 is 5.32 Å². The van der Waals surface area contributed by atoms with Crippen LogP contribution in [-0.4, -0.2) is 26.8 Å². The van der Waals surface area contributed by atoms with Crippen molar-refractivity contribution in [2.75, 3.05) is 26.8 Å². The predicted octanol–water partition coefficient (Wildman–Crippen LogP) is 2.63. The van der Waals surface area contributed by atoms with Gasteiger partial charge in [0.1, 0.15) is 5.82 Å². The molecule has 0 saturated heterocycles. The Morgan fingerprint density at radius 1 is 1.29 bits per heavy atom. The van der Waals surface area contributed by atoms with Gasteiger partial charge in [-0.3, -0.25) is 0 Å². The monoisotopic (exact) mass is 239 g/mol. The van der Waals surface area contributed by atoms with Gasteiger partial charge in [0, 0.05) is 13.2 Å². The first-order chi connectivity index (χ1) is 8.26. The molecular weight excluding hydrogens is 217 g/mol. The zero-order chi connectivity index (χ0) is 12.5. The Morgan fingerprint density at radius 3 is 2.59 bits per heavy atom. The lowest BCUT2D eigenvalue weighted by atomic mass is 9.96. The summed E-state index contributed by atoms with van der Waals surface area (Å²) in [5, 5.41) is 3.20. The van der Waals surface area contributed by atoms with Crippen molar-refractivity contribution in [2.45, 2.75) is 19.8 Å². The minimum atomic E-state index is -0.173. The van der Waals surface area contributed by atoms with Gasteiger partial charge >= 0.3 is 0 Å². The molecule has 1 aromatic rings. The molecule has 1 unspecified atom stereocenters. The summed E-state index contributed by atoms with van der Waals surface area (Å²) in [5.74, 6) is 0.366. The van der Waals surface area contributed by atoms with E-state index in [1.807, 2.05) is 26.1 Å². The smallest absolute Gasteiger partial charge is 0.123 e. The normalized spacial score (nSPS) is 12.6. The summed E-state index contributed by atoms with van der Waals surface area (Å²) in [5.41, 5.74) is 1.18. The van der Waals surface area contributed by atoms with Gasteiger partial charge in [-0.15, -0.1) is 0 Å². The average Bonchev–Trinajstić information content (AvgIpc) is 2.32. The summed E-state index contributed by atoms with van der Waals surface area (Å²) >= 11 is 0. The highest BCUT2D eigenvalue weighted by atomic mass is 19.1. The molecule has 0 aliphatic carbocycles. The molecule has 2 nitrogen and oxygen atoms in total. The molecule has 0 aromatic heterocycles. The quantitative estimate of drug-likeness (QED) is 0.704. The van der Waals surface area contributed by atoms with Crippen molar-refractivity contribution >= 4 is 0 Å². The van der Waals surface area contributed by atoms with Gasteiger partial charge in [-0.1, -0.05) is 12.1 Å². The number of rotatable bonds is 8. The number of nitrogens with one attached hydrogen (secondary N) is 1. The zero-order valence-corrected chi connectivity index (χ0v) is 10.7. The third-order valence-electron chi connectivity index (χ3n) is 2.80. The fourth-order valence-electron chi connectivity index (χ4n) is 1.91. The Labute approximate surface area is 103 Å². The molecule has 1 N–H and O–H groups in total. The fraction of sp³-hybridized carbons (Fsp3) is 0.571. The lowest BCUT2D eigenvalue weighted by Gasteiger charge is -2.16. The summed E-state index contributed by atoms with van der Waals surface area (Å²) < 4.78 is 18.2. The van der Waals surface area contributed by atoms with Gasteiger partial charge in [-0.25, -0.2) is 4.39 Å². The van der Waals surface area contributed by atoms with E-state index >= 15 is 0 Å². The standard InChI is InChI=1S/C14H22FNO/c1-3-17-9-8-13(11-16-2)10-12-4-6-14(15)7-5-12/h4-7,13,16H,3,8-11H2,1-2H3. The minimum Gasteiger partial charge on any atom is -0.382 e. The minimum absolute atomic E-state index is 0.173. The second-order valence-electron chi connectivity index (χ2n) is 4.24. The molecule has 96 valence electrons.